The maximum Gasteiger partial charge on any atom is 0.244 e. The summed E-state index contributed by atoms with van der Waals surface area (Å²) in [6.07, 6.45) is 3.62. The lowest BCUT2D eigenvalue weighted by molar-refractivity contribution is -0.133. The predicted molar refractivity (Wildman–Crippen MR) is 100 cm³/mol. The molecule has 0 spiro atoms. The topological polar surface area (TPSA) is 50.2 Å². The van der Waals surface area contributed by atoms with E-state index in [1.807, 2.05) is 37.2 Å². The minimum Gasteiger partial charge on any atom is -0.337 e. The van der Waals surface area contributed by atoms with Crippen molar-refractivity contribution in [2.24, 2.45) is 7.05 Å². The molecule has 1 heterocycles. The molecule has 5 nitrogen and oxygen atoms in total. The second-order valence-corrected chi connectivity index (χ2v) is 6.20. The van der Waals surface area contributed by atoms with Crippen LogP contribution < -0.4 is 5.32 Å². The summed E-state index contributed by atoms with van der Waals surface area (Å²) in [4.78, 5) is 14.9. The smallest absolute Gasteiger partial charge is 0.244 e. The summed E-state index contributed by atoms with van der Waals surface area (Å²) in [5.74, 6) is 0.0613. The minimum atomic E-state index is -0.380. The Morgan fingerprint density at radius 3 is 2.64 bits per heavy atom. The van der Waals surface area contributed by atoms with E-state index in [1.54, 1.807) is 17.9 Å². The summed E-state index contributed by atoms with van der Waals surface area (Å²) in [6, 6.07) is 14.3. The molecule has 0 aliphatic carbocycles. The van der Waals surface area contributed by atoms with Crippen LogP contribution in [0.4, 0.5) is 0 Å². The van der Waals surface area contributed by atoms with Gasteiger partial charge in [0.05, 0.1) is 6.20 Å². The lowest BCUT2D eigenvalue weighted by Crippen LogP contribution is -2.39. The summed E-state index contributed by atoms with van der Waals surface area (Å²) in [5, 5.41) is 9.70. The van der Waals surface area contributed by atoms with Crippen LogP contribution in [0.3, 0.4) is 0 Å². The predicted octanol–water partition coefficient (Wildman–Crippen LogP) is 2.88. The number of nitrogens with one attached hydrogen (secondary N) is 1. The van der Waals surface area contributed by atoms with Crippen molar-refractivity contribution >= 4 is 16.7 Å². The monoisotopic (exact) mass is 336 g/mol. The first-order valence-corrected chi connectivity index (χ1v) is 8.54. The standard InChI is InChI=1S/C20H24N4O/c1-4-24(20(25)19(21-2)18-12-22-23(3)14-18)13-15-9-10-16-7-5-6-8-17(16)11-15/h5-12,14,19,21H,4,13H2,1-3H3. The van der Waals surface area contributed by atoms with E-state index in [2.05, 4.69) is 40.7 Å². The van der Waals surface area contributed by atoms with Crippen molar-refractivity contribution in [3.63, 3.8) is 0 Å². The lowest BCUT2D eigenvalue weighted by Gasteiger charge is -2.26. The van der Waals surface area contributed by atoms with Gasteiger partial charge in [-0.1, -0.05) is 36.4 Å². The highest BCUT2D eigenvalue weighted by Crippen LogP contribution is 2.19. The maximum atomic E-state index is 13.0. The van der Waals surface area contributed by atoms with Crippen molar-refractivity contribution < 1.29 is 4.79 Å². The molecule has 3 aromatic rings. The number of aryl methyl sites for hydroxylation is 1. The molecule has 1 amide bonds. The molecule has 0 radical (unpaired) electrons. The van der Waals surface area contributed by atoms with Crippen LogP contribution in [0.1, 0.15) is 24.1 Å². The van der Waals surface area contributed by atoms with Crippen LogP contribution in [-0.2, 0) is 18.4 Å². The van der Waals surface area contributed by atoms with Gasteiger partial charge >= 0.3 is 0 Å². The van der Waals surface area contributed by atoms with Gasteiger partial charge in [0, 0.05) is 31.9 Å². The van der Waals surface area contributed by atoms with Crippen LogP contribution in [0.2, 0.25) is 0 Å². The van der Waals surface area contributed by atoms with Gasteiger partial charge in [-0.15, -0.1) is 0 Å². The molecule has 0 saturated carbocycles. The first-order chi connectivity index (χ1) is 12.1. The van der Waals surface area contributed by atoms with Gasteiger partial charge in [-0.25, -0.2) is 0 Å². The molecule has 0 saturated heterocycles. The van der Waals surface area contributed by atoms with Crippen LogP contribution in [-0.4, -0.2) is 34.2 Å². The van der Waals surface area contributed by atoms with Crippen molar-refractivity contribution in [1.29, 1.82) is 0 Å². The largest absolute Gasteiger partial charge is 0.337 e. The molecule has 1 atom stereocenters. The molecule has 1 aromatic heterocycles. The Morgan fingerprint density at radius 2 is 2.00 bits per heavy atom. The van der Waals surface area contributed by atoms with E-state index in [-0.39, 0.29) is 11.9 Å². The molecular weight excluding hydrogens is 312 g/mol. The molecule has 5 heteroatoms. The third kappa shape index (κ3) is 3.72. The normalized spacial score (nSPS) is 12.3. The van der Waals surface area contributed by atoms with Crippen LogP contribution in [0.25, 0.3) is 10.8 Å². The van der Waals surface area contributed by atoms with Gasteiger partial charge in [-0.05, 0) is 36.4 Å². The van der Waals surface area contributed by atoms with Gasteiger partial charge in [0.15, 0.2) is 0 Å². The lowest BCUT2D eigenvalue weighted by atomic mass is 10.1. The minimum absolute atomic E-state index is 0.0613. The average Bonchev–Trinajstić information content (AvgIpc) is 3.06. The van der Waals surface area contributed by atoms with E-state index in [1.165, 1.54) is 10.8 Å². The van der Waals surface area contributed by atoms with E-state index in [0.29, 0.717) is 13.1 Å². The zero-order valence-electron chi connectivity index (χ0n) is 14.9. The number of benzene rings is 2. The Balaban J connectivity index is 1.81. The first-order valence-electron chi connectivity index (χ1n) is 8.54. The molecule has 2 aromatic carbocycles. The van der Waals surface area contributed by atoms with E-state index in [9.17, 15) is 4.79 Å². The summed E-state index contributed by atoms with van der Waals surface area (Å²) >= 11 is 0. The highest BCUT2D eigenvalue weighted by Gasteiger charge is 2.25. The Morgan fingerprint density at radius 1 is 1.24 bits per heavy atom. The molecule has 0 bridgehead atoms. The fraction of sp³-hybridized carbons (Fsp3) is 0.300. The van der Waals surface area contributed by atoms with E-state index < -0.39 is 0 Å². The summed E-state index contributed by atoms with van der Waals surface area (Å²) < 4.78 is 1.71. The van der Waals surface area contributed by atoms with Crippen molar-refractivity contribution in [2.75, 3.05) is 13.6 Å². The third-order valence-electron chi connectivity index (χ3n) is 4.47. The van der Waals surface area contributed by atoms with Gasteiger partial charge in [0.1, 0.15) is 6.04 Å². The number of aromatic nitrogens is 2. The maximum absolute atomic E-state index is 13.0. The van der Waals surface area contributed by atoms with E-state index >= 15 is 0 Å². The number of amides is 1. The molecular formula is C20H24N4O. The number of hydrogen-bond donors (Lipinski definition) is 1. The summed E-state index contributed by atoms with van der Waals surface area (Å²) in [7, 11) is 3.66. The van der Waals surface area contributed by atoms with Crippen molar-refractivity contribution in [1.82, 2.24) is 20.0 Å². The highest BCUT2D eigenvalue weighted by molar-refractivity contribution is 5.84. The Labute approximate surface area is 148 Å². The molecule has 130 valence electrons. The summed E-state index contributed by atoms with van der Waals surface area (Å²) in [6.45, 7) is 3.26. The Hall–Kier alpha value is -2.66. The molecule has 1 unspecified atom stereocenters. The number of likely N-dealkylation sites (N-methyl/N-ethyl adjacent to an activating group) is 2. The number of rotatable bonds is 6. The number of carbonyl (C=O) groups excluding carboxylic acids is 1. The van der Waals surface area contributed by atoms with Gasteiger partial charge < -0.3 is 10.2 Å². The van der Waals surface area contributed by atoms with Crippen molar-refractivity contribution in [2.45, 2.75) is 19.5 Å². The molecule has 1 N–H and O–H groups in total. The Bertz CT molecular complexity index is 871. The number of carbonyl (C=O) groups is 1. The zero-order valence-corrected chi connectivity index (χ0v) is 14.9. The Kier molecular flexibility index (Phi) is 5.14. The highest BCUT2D eigenvalue weighted by atomic mass is 16.2. The van der Waals surface area contributed by atoms with Gasteiger partial charge in [0.2, 0.25) is 5.91 Å². The molecule has 3 rings (SSSR count). The van der Waals surface area contributed by atoms with Gasteiger partial charge in [-0.3, -0.25) is 9.48 Å². The van der Waals surface area contributed by atoms with Gasteiger partial charge in [-0.2, -0.15) is 5.10 Å². The second kappa shape index (κ2) is 7.49. The molecule has 0 aliphatic heterocycles. The average molecular weight is 336 g/mol. The quantitative estimate of drug-likeness (QED) is 0.753. The molecule has 0 fully saturated rings. The first kappa shape index (κ1) is 17.2. The number of hydrogen-bond acceptors (Lipinski definition) is 3. The van der Waals surface area contributed by atoms with Crippen LogP contribution in [0.15, 0.2) is 54.9 Å². The second-order valence-electron chi connectivity index (χ2n) is 6.20. The van der Waals surface area contributed by atoms with E-state index in [4.69, 9.17) is 0 Å². The van der Waals surface area contributed by atoms with Gasteiger partial charge in [0.25, 0.3) is 0 Å². The molecule has 25 heavy (non-hydrogen) atoms. The van der Waals surface area contributed by atoms with Crippen LogP contribution in [0.5, 0.6) is 0 Å². The fourth-order valence-electron chi connectivity index (χ4n) is 3.11. The van der Waals surface area contributed by atoms with Crippen molar-refractivity contribution in [3.05, 3.63) is 66.0 Å². The van der Waals surface area contributed by atoms with Crippen LogP contribution in [0, 0.1) is 0 Å². The number of nitrogens with zero attached hydrogens (tertiary/aromatic N) is 3. The van der Waals surface area contributed by atoms with Crippen molar-refractivity contribution in [3.8, 4) is 0 Å². The molecule has 0 aliphatic rings. The van der Waals surface area contributed by atoms with E-state index in [0.717, 1.165) is 11.1 Å². The number of fused-ring (bicyclic) bond motifs is 1. The van der Waals surface area contributed by atoms with Crippen LogP contribution >= 0.6 is 0 Å². The third-order valence-corrected chi connectivity index (χ3v) is 4.47. The zero-order chi connectivity index (χ0) is 17.8. The fourth-order valence-corrected chi connectivity index (χ4v) is 3.11. The SMILES string of the molecule is CCN(Cc1ccc2ccccc2c1)C(=O)C(NC)c1cnn(C)c1. The summed E-state index contributed by atoms with van der Waals surface area (Å²) in [5.41, 5.74) is 2.02.